The summed E-state index contributed by atoms with van der Waals surface area (Å²) in [6.45, 7) is 0. The Balaban J connectivity index is 1.34. The Morgan fingerprint density at radius 1 is 0.341 bits per heavy atom. The van der Waals surface area contributed by atoms with E-state index in [2.05, 4.69) is 19.9 Å². The molecule has 0 saturated carbocycles. The number of aromatic amines is 2. The number of nitrogens with one attached hydrogen (secondary N) is 2. The van der Waals surface area contributed by atoms with Crippen molar-refractivity contribution in [1.29, 1.82) is 0 Å². The Morgan fingerprint density at radius 2 is 0.692 bits per heavy atom. The lowest BCUT2D eigenvalue weighted by atomic mass is 9.84. The first-order chi connectivity index (χ1) is 43.5. The van der Waals surface area contributed by atoms with Crippen molar-refractivity contribution in [3.8, 4) is 61.4 Å². The zero-order chi connectivity index (χ0) is 64.7. The van der Waals surface area contributed by atoms with Crippen molar-refractivity contribution in [1.82, 2.24) is 19.9 Å². The maximum absolute atomic E-state index is 17.2. The normalized spacial score (nSPS) is 14.4. The van der Waals surface area contributed by atoms with Crippen LogP contribution in [-0.2, 0) is 0 Å². The number of H-pyrrole nitrogens is 2. The first-order valence-electron chi connectivity index (χ1n) is 26.2. The predicted octanol–water partition coefficient (Wildman–Crippen LogP) is 18.4. The average molecular weight is 1270 g/mol. The van der Waals surface area contributed by atoms with Crippen molar-refractivity contribution in [3.63, 3.8) is 0 Å². The molecule has 6 heterocycles. The molecule has 2 N–H and O–H groups in total. The van der Waals surface area contributed by atoms with E-state index in [0.717, 1.165) is 5.01 Å². The molecule has 0 saturated heterocycles. The Bertz CT molecular complexity index is 4970. The number of methoxy groups -OCH3 is 1. The Hall–Kier alpha value is -10.7. The summed E-state index contributed by atoms with van der Waals surface area (Å²) in [5.74, 6) is -55.3. The van der Waals surface area contributed by atoms with Crippen LogP contribution in [0.25, 0.3) is 89.9 Å². The van der Waals surface area contributed by atoms with E-state index in [4.69, 9.17) is 9.84 Å². The quantitative estimate of drug-likeness (QED) is 0.0902. The number of hydrazone groups is 1. The Morgan fingerprint density at radius 3 is 1.10 bits per heavy atom. The number of fused-ring (bicyclic) bond motifs is 11. The fourth-order valence-electron chi connectivity index (χ4n) is 11.4. The van der Waals surface area contributed by atoms with Gasteiger partial charge in [-0.25, -0.2) is 92.8 Å². The molecule has 3 aromatic heterocycles. The molecule has 0 aliphatic carbocycles. The number of aromatic nitrogens is 4. The van der Waals surface area contributed by atoms with Gasteiger partial charge in [-0.15, -0.1) is 0 Å². The highest BCUT2D eigenvalue weighted by atomic mass is 19.2. The topological polar surface area (TPSA) is 82.2 Å². The van der Waals surface area contributed by atoms with E-state index in [9.17, 15) is 8.78 Å². The van der Waals surface area contributed by atoms with Gasteiger partial charge in [-0.05, 0) is 77.9 Å². The maximum Gasteiger partial charge on any atom is 0.200 e. The van der Waals surface area contributed by atoms with E-state index >= 15 is 79.0 Å². The molecule has 3 aliphatic heterocycles. The molecule has 0 fully saturated rings. The van der Waals surface area contributed by atoms with Gasteiger partial charge >= 0.3 is 0 Å². The van der Waals surface area contributed by atoms with E-state index in [1.54, 1.807) is 30.3 Å². The lowest BCUT2D eigenvalue weighted by Gasteiger charge is -2.27. The SMILES string of the molecule is COc1ccc(C2=NN(c3ccccc3-c3ccccc3)[C@@H]3c4nc(c(-c5c(F)c(F)c(F)c(F)c5F)c5ccc([nH]5)c(-c5c(F)c(F)c(F)c(F)c5F)c5nc(c(-c6c(F)c(F)c(F)c(F)c6F)c6ccc([nH]6)c4-c4c(F)c(F)c(F)c(F)c4F)C=C5)[C@H]23)cc1. The number of nitrogens with zero attached hydrogens (tertiary/aromatic N) is 4. The average Bonchev–Trinajstić information content (AvgIpc) is 1.57. The van der Waals surface area contributed by atoms with Crippen molar-refractivity contribution in [2.45, 2.75) is 12.0 Å². The molecule has 2 atom stereocenters. The molecule has 8 bridgehead atoms. The fourth-order valence-corrected chi connectivity index (χ4v) is 11.4. The van der Waals surface area contributed by atoms with Crippen molar-refractivity contribution >= 4 is 45.6 Å². The minimum Gasteiger partial charge on any atom is -0.497 e. The van der Waals surface area contributed by atoms with E-state index in [1.165, 1.54) is 55.6 Å². The van der Waals surface area contributed by atoms with E-state index < -0.39 is 218 Å². The standard InChI is InChI=1S/C64H26F20N6O/c1-91-23-13-11-22(12-14-23)61-40-62-34(38-45(69)53(77)59(83)54(78)46(38)70)29-19-17-27(86-29)32(36-41(65)49(73)57(81)50(74)42(36)66)25-15-16-26(85-25)33(37-43(67)51(75)58(82)52(76)44(37)68)28-18-20-30(87-28)35(39-47(71)55(79)60(84)56(80)48(39)72)63(88-62)64(40)90(89-61)31-10-6-5-9-24(31)21-7-3-2-4-8-21/h2-20,40,64,86-87H,1H3/t40-,64-/m0/s1. The number of ether oxygens (including phenoxy) is 1. The predicted molar refractivity (Wildman–Crippen MR) is 290 cm³/mol. The molecule has 27 heteroatoms. The van der Waals surface area contributed by atoms with Crippen LogP contribution in [0.2, 0.25) is 0 Å². The number of rotatable bonds is 8. The summed E-state index contributed by atoms with van der Waals surface area (Å²) in [6.07, 6.45) is 1.23. The third kappa shape index (κ3) is 8.85. The van der Waals surface area contributed by atoms with Gasteiger partial charge in [-0.2, -0.15) is 5.10 Å². The maximum atomic E-state index is 17.2. The lowest BCUT2D eigenvalue weighted by molar-refractivity contribution is 0.381. The third-order valence-electron chi connectivity index (χ3n) is 15.5. The van der Waals surface area contributed by atoms with Crippen LogP contribution in [0, 0.1) is 116 Å². The fraction of sp³-hybridized carbons (Fsp3) is 0.0469. The number of anilines is 1. The molecule has 0 unspecified atom stereocenters. The zero-order valence-electron chi connectivity index (χ0n) is 44.9. The van der Waals surface area contributed by atoms with Crippen LogP contribution in [0.15, 0.2) is 108 Å². The van der Waals surface area contributed by atoms with Crippen molar-refractivity contribution in [3.05, 3.63) is 248 Å². The Kier molecular flexibility index (Phi) is 14.2. The van der Waals surface area contributed by atoms with Gasteiger partial charge in [0.15, 0.2) is 93.1 Å². The van der Waals surface area contributed by atoms with Gasteiger partial charge in [0.1, 0.15) is 11.8 Å². The summed E-state index contributed by atoms with van der Waals surface area (Å²) in [5, 5.41) is 5.97. The van der Waals surface area contributed by atoms with Crippen LogP contribution in [0.3, 0.4) is 0 Å². The second-order valence-electron chi connectivity index (χ2n) is 20.3. The molecule has 13 rings (SSSR count). The first kappa shape index (κ1) is 59.2. The van der Waals surface area contributed by atoms with Crippen LogP contribution in [0.4, 0.5) is 93.5 Å². The molecule has 7 aromatic carbocycles. The van der Waals surface area contributed by atoms with Crippen LogP contribution in [-0.4, -0.2) is 32.8 Å². The molecule has 0 amide bonds. The van der Waals surface area contributed by atoms with Crippen LogP contribution in [0.5, 0.6) is 5.75 Å². The van der Waals surface area contributed by atoms with Gasteiger partial charge < -0.3 is 14.7 Å². The van der Waals surface area contributed by atoms with E-state index in [-0.39, 0.29) is 28.3 Å². The molecule has 3 aliphatic rings. The highest BCUT2D eigenvalue weighted by Gasteiger charge is 2.51. The third-order valence-corrected chi connectivity index (χ3v) is 15.5. The second-order valence-corrected chi connectivity index (χ2v) is 20.3. The highest BCUT2D eigenvalue weighted by Crippen LogP contribution is 2.56. The highest BCUT2D eigenvalue weighted by molar-refractivity contribution is 6.11. The summed E-state index contributed by atoms with van der Waals surface area (Å²) in [6, 6.07) is 19.6. The summed E-state index contributed by atoms with van der Waals surface area (Å²) < 4.78 is 327. The zero-order valence-corrected chi connectivity index (χ0v) is 44.9. The number of halogens is 20. The Labute approximate surface area is 495 Å². The first-order valence-corrected chi connectivity index (χ1v) is 26.2. The number of hydrogen-bond acceptors (Lipinski definition) is 5. The number of para-hydroxylation sites is 1. The number of hydrogen-bond donors (Lipinski definition) is 2. The molecular weight excluding hydrogens is 1250 g/mol. The van der Waals surface area contributed by atoms with Crippen LogP contribution < -0.4 is 9.75 Å². The molecule has 458 valence electrons. The van der Waals surface area contributed by atoms with E-state index in [1.807, 2.05) is 0 Å². The smallest absolute Gasteiger partial charge is 0.200 e. The summed E-state index contributed by atoms with van der Waals surface area (Å²) >= 11 is 0. The second kappa shape index (κ2) is 21.8. The van der Waals surface area contributed by atoms with Gasteiger partial charge in [-0.1, -0.05) is 48.5 Å². The van der Waals surface area contributed by atoms with Crippen LogP contribution in [0.1, 0.15) is 40.3 Å². The van der Waals surface area contributed by atoms with Crippen LogP contribution >= 0.6 is 0 Å². The van der Waals surface area contributed by atoms with Gasteiger partial charge in [0.25, 0.3) is 0 Å². The largest absolute Gasteiger partial charge is 0.497 e. The summed E-state index contributed by atoms with van der Waals surface area (Å²) in [4.78, 5) is 13.6. The molecule has 0 spiro atoms. The van der Waals surface area contributed by atoms with Crippen molar-refractivity contribution < 1.29 is 92.5 Å². The molecule has 91 heavy (non-hydrogen) atoms. The monoisotopic (exact) mass is 1270 g/mol. The summed E-state index contributed by atoms with van der Waals surface area (Å²) in [5.41, 5.74) is -21.0. The minimum absolute atomic E-state index is 0.0546. The van der Waals surface area contributed by atoms with Gasteiger partial charge in [0.2, 0.25) is 23.3 Å². The van der Waals surface area contributed by atoms with E-state index in [0.29, 0.717) is 42.0 Å². The number of benzene rings is 7. The lowest BCUT2D eigenvalue weighted by Crippen LogP contribution is -2.23. The molecule has 10 aromatic rings. The minimum atomic E-state index is -2.76. The molecule has 0 radical (unpaired) electrons. The molecule has 7 nitrogen and oxygen atoms in total. The van der Waals surface area contributed by atoms with Gasteiger partial charge in [0.05, 0.1) is 69.5 Å². The van der Waals surface area contributed by atoms with Gasteiger partial charge in [-0.3, -0.25) is 9.99 Å². The van der Waals surface area contributed by atoms with Crippen molar-refractivity contribution in [2.24, 2.45) is 5.10 Å². The molecular formula is C64H26F20N6O. The van der Waals surface area contributed by atoms with Gasteiger partial charge in [0, 0.05) is 49.9 Å². The van der Waals surface area contributed by atoms with Crippen molar-refractivity contribution in [2.75, 3.05) is 12.1 Å². The summed E-state index contributed by atoms with van der Waals surface area (Å²) in [7, 11) is 1.26.